The molecule has 0 saturated carbocycles. The zero-order chi connectivity index (χ0) is 26.6. The van der Waals surface area contributed by atoms with E-state index in [-0.39, 0.29) is 12.3 Å². The number of esters is 1. The van der Waals surface area contributed by atoms with E-state index in [0.29, 0.717) is 6.07 Å². The van der Waals surface area contributed by atoms with Crippen LogP contribution in [0.4, 0.5) is 42.1 Å². The van der Waals surface area contributed by atoms with Crippen molar-refractivity contribution in [3.63, 3.8) is 0 Å². The fourth-order valence-corrected chi connectivity index (χ4v) is 2.74. The topological polar surface area (TPSA) is 96.9 Å². The summed E-state index contributed by atoms with van der Waals surface area (Å²) in [7, 11) is 0. The lowest BCUT2D eigenvalue weighted by atomic mass is 10.1. The number of benzene rings is 3. The van der Waals surface area contributed by atoms with E-state index < -0.39 is 81.8 Å². The summed E-state index contributed by atoms with van der Waals surface area (Å²) in [6, 6.07) is 5.73. The molecule has 36 heavy (non-hydrogen) atoms. The normalized spacial score (nSPS) is 10.8. The Morgan fingerprint density at radius 2 is 1.36 bits per heavy atom. The molecule has 0 atom stereocenters. The third-order valence-electron chi connectivity index (χ3n) is 4.45. The fourth-order valence-electron chi connectivity index (χ4n) is 2.74. The first-order valence-electron chi connectivity index (χ1n) is 9.68. The summed E-state index contributed by atoms with van der Waals surface area (Å²) in [6.45, 7) is -0.705. The van der Waals surface area contributed by atoms with E-state index in [4.69, 9.17) is 5.11 Å². The van der Waals surface area contributed by atoms with E-state index in [9.17, 15) is 40.3 Å². The van der Waals surface area contributed by atoms with E-state index in [1.54, 1.807) is 0 Å². The van der Waals surface area contributed by atoms with Crippen LogP contribution in [0, 0.1) is 40.7 Å². The van der Waals surface area contributed by atoms with Crippen molar-refractivity contribution in [2.45, 2.75) is 0 Å². The number of nitrogens with one attached hydrogen (secondary N) is 2. The molecule has 0 radical (unpaired) electrons. The van der Waals surface area contributed by atoms with Crippen LogP contribution in [0.25, 0.3) is 0 Å². The van der Waals surface area contributed by atoms with Crippen LogP contribution in [-0.4, -0.2) is 30.2 Å². The number of aliphatic hydroxyl groups is 1. The molecule has 0 unspecified atom stereocenters. The van der Waals surface area contributed by atoms with Crippen molar-refractivity contribution < 1.29 is 55.0 Å². The first-order chi connectivity index (χ1) is 17.1. The predicted molar refractivity (Wildman–Crippen MR) is 108 cm³/mol. The average Bonchev–Trinajstić information content (AvgIpc) is 2.87. The van der Waals surface area contributed by atoms with Gasteiger partial charge in [0.15, 0.2) is 11.6 Å². The Hall–Kier alpha value is -4.17. The third kappa shape index (κ3) is 5.39. The zero-order valence-corrected chi connectivity index (χ0v) is 17.6. The van der Waals surface area contributed by atoms with Gasteiger partial charge in [0.2, 0.25) is 34.8 Å². The van der Waals surface area contributed by atoms with Crippen LogP contribution in [-0.2, 0) is 4.84 Å². The van der Waals surface area contributed by atoms with Gasteiger partial charge in [0.05, 0.1) is 30.0 Å². The predicted octanol–water partition coefficient (Wildman–Crippen LogP) is 4.28. The van der Waals surface area contributed by atoms with Crippen LogP contribution < -0.4 is 15.5 Å². The van der Waals surface area contributed by atoms with Crippen molar-refractivity contribution >= 4 is 23.3 Å². The number of hydroxylamine groups is 1. The molecule has 3 rings (SSSR count). The molecule has 1 amide bonds. The van der Waals surface area contributed by atoms with Crippen molar-refractivity contribution in [1.29, 1.82) is 0 Å². The number of amides is 1. The molecule has 0 saturated heterocycles. The molecule has 14 heteroatoms. The number of hydrogen-bond donors (Lipinski definition) is 3. The highest BCUT2D eigenvalue weighted by molar-refractivity contribution is 6.00. The summed E-state index contributed by atoms with van der Waals surface area (Å²) in [5, 5.41) is 11.1. The number of ether oxygens (including phenoxy) is 1. The maximum Gasteiger partial charge on any atom is 0.343 e. The second-order valence-corrected chi connectivity index (χ2v) is 6.78. The molecule has 7 nitrogen and oxygen atoms in total. The molecule has 3 aromatic carbocycles. The molecule has 0 aliphatic rings. The minimum atomic E-state index is -2.43. The van der Waals surface area contributed by atoms with Gasteiger partial charge in [-0.25, -0.2) is 32.2 Å². The summed E-state index contributed by atoms with van der Waals surface area (Å²) in [5.41, 5.74) is 0.451. The maximum absolute atomic E-state index is 14.4. The molecule has 0 heterocycles. The Balaban J connectivity index is 1.82. The zero-order valence-electron chi connectivity index (χ0n) is 17.6. The van der Waals surface area contributed by atoms with Gasteiger partial charge in [0.25, 0.3) is 5.91 Å². The lowest BCUT2D eigenvalue weighted by Crippen LogP contribution is -2.26. The Labute approximate surface area is 197 Å². The van der Waals surface area contributed by atoms with Gasteiger partial charge in [-0.1, -0.05) is 0 Å². The molecule has 0 aliphatic heterocycles. The average molecular weight is 518 g/mol. The van der Waals surface area contributed by atoms with E-state index in [2.05, 4.69) is 14.9 Å². The fraction of sp³-hybridized carbons (Fsp3) is 0.0909. The standard InChI is InChI=1S/C22H13F7N2O5/c23-12-6-5-11(21(33)31-35-8-7-32)19(13(12)24)30-10-3-1-9(2-4-10)22(34)36-20-17(28)15(26)14(25)16(27)18(20)29/h1-6,30,32H,7-8H2,(H,31,33). The Kier molecular flexibility index (Phi) is 8.11. The van der Waals surface area contributed by atoms with Crippen molar-refractivity contribution in [2.24, 2.45) is 0 Å². The SMILES string of the molecule is O=C(Oc1c(F)c(F)c(F)c(F)c1F)c1ccc(Nc2c(C(=O)NOCCO)ccc(F)c2F)cc1. The summed E-state index contributed by atoms with van der Waals surface area (Å²) >= 11 is 0. The highest BCUT2D eigenvalue weighted by Gasteiger charge is 2.29. The van der Waals surface area contributed by atoms with Crippen LogP contribution in [0.1, 0.15) is 20.7 Å². The summed E-state index contributed by atoms with van der Waals surface area (Å²) in [6.07, 6.45) is 0. The highest BCUT2D eigenvalue weighted by atomic mass is 19.2. The first-order valence-corrected chi connectivity index (χ1v) is 9.68. The van der Waals surface area contributed by atoms with E-state index in [0.717, 1.165) is 30.3 Å². The molecule has 0 bridgehead atoms. The summed E-state index contributed by atoms with van der Waals surface area (Å²) in [4.78, 5) is 29.0. The number of hydrogen-bond acceptors (Lipinski definition) is 6. The van der Waals surface area contributed by atoms with Crippen molar-refractivity contribution in [2.75, 3.05) is 18.5 Å². The molecular formula is C22H13F7N2O5. The van der Waals surface area contributed by atoms with E-state index >= 15 is 0 Å². The minimum Gasteiger partial charge on any atom is -0.416 e. The van der Waals surface area contributed by atoms with Crippen LogP contribution in [0.2, 0.25) is 0 Å². The molecule has 0 spiro atoms. The number of aliphatic hydroxyl groups excluding tert-OH is 1. The van der Waals surface area contributed by atoms with Crippen LogP contribution >= 0.6 is 0 Å². The first kappa shape index (κ1) is 26.4. The molecule has 0 aromatic heterocycles. The van der Waals surface area contributed by atoms with Gasteiger partial charge in [-0.2, -0.15) is 8.78 Å². The Morgan fingerprint density at radius 3 is 1.94 bits per heavy atom. The minimum absolute atomic E-state index is 0.0161. The monoisotopic (exact) mass is 518 g/mol. The number of carbonyl (C=O) groups excluding carboxylic acids is 2. The van der Waals surface area contributed by atoms with Gasteiger partial charge in [-0.15, -0.1) is 0 Å². The molecule has 0 fully saturated rings. The largest absolute Gasteiger partial charge is 0.416 e. The number of halogens is 7. The molecule has 190 valence electrons. The summed E-state index contributed by atoms with van der Waals surface area (Å²) in [5.74, 6) is -18.8. The van der Waals surface area contributed by atoms with Gasteiger partial charge in [-0.3, -0.25) is 9.63 Å². The Morgan fingerprint density at radius 1 is 0.778 bits per heavy atom. The number of rotatable bonds is 8. The molecule has 0 aliphatic carbocycles. The summed E-state index contributed by atoms with van der Waals surface area (Å²) < 4.78 is 99.6. The molecule has 3 aromatic rings. The second-order valence-electron chi connectivity index (χ2n) is 6.78. The lowest BCUT2D eigenvalue weighted by molar-refractivity contribution is 0.0168. The molecule has 3 N–H and O–H groups in total. The highest BCUT2D eigenvalue weighted by Crippen LogP contribution is 2.30. The van der Waals surface area contributed by atoms with Crippen LogP contribution in [0.15, 0.2) is 36.4 Å². The van der Waals surface area contributed by atoms with Crippen molar-refractivity contribution in [1.82, 2.24) is 5.48 Å². The van der Waals surface area contributed by atoms with Crippen molar-refractivity contribution in [3.05, 3.63) is 88.2 Å². The van der Waals surface area contributed by atoms with Gasteiger partial charge < -0.3 is 15.2 Å². The van der Waals surface area contributed by atoms with Gasteiger partial charge >= 0.3 is 5.97 Å². The van der Waals surface area contributed by atoms with Gasteiger partial charge in [-0.05, 0) is 36.4 Å². The smallest absolute Gasteiger partial charge is 0.343 e. The third-order valence-corrected chi connectivity index (χ3v) is 4.45. The molecular weight excluding hydrogens is 505 g/mol. The van der Waals surface area contributed by atoms with Crippen LogP contribution in [0.3, 0.4) is 0 Å². The second kappa shape index (κ2) is 11.0. The lowest BCUT2D eigenvalue weighted by Gasteiger charge is -2.14. The maximum atomic E-state index is 14.4. The Bertz CT molecular complexity index is 1290. The van der Waals surface area contributed by atoms with Crippen LogP contribution in [0.5, 0.6) is 5.75 Å². The van der Waals surface area contributed by atoms with Gasteiger partial charge in [0.1, 0.15) is 0 Å². The van der Waals surface area contributed by atoms with Crippen molar-refractivity contribution in [3.8, 4) is 5.75 Å². The number of carbonyl (C=O) groups is 2. The number of anilines is 2. The van der Waals surface area contributed by atoms with E-state index in [1.165, 1.54) is 0 Å². The van der Waals surface area contributed by atoms with Gasteiger partial charge in [0, 0.05) is 5.69 Å². The van der Waals surface area contributed by atoms with E-state index in [1.807, 2.05) is 5.48 Å². The quantitative estimate of drug-likeness (QED) is 0.0784.